The summed E-state index contributed by atoms with van der Waals surface area (Å²) in [6.45, 7) is 9.63. The number of allylic oxidation sites excluding steroid dienone is 3. The molecule has 1 aliphatic rings. The maximum atomic E-state index is 6.38. The quantitative estimate of drug-likeness (QED) is 0.0418. The zero-order valence-electron chi connectivity index (χ0n) is 33.1. The zero-order valence-corrected chi connectivity index (χ0v) is 33.1. The molecule has 8 heteroatoms. The molecule has 1 heterocycles. The summed E-state index contributed by atoms with van der Waals surface area (Å²) in [5.41, 5.74) is 27.0. The van der Waals surface area contributed by atoms with Gasteiger partial charge in [-0.15, -0.1) is 4.57 Å². The van der Waals surface area contributed by atoms with Crippen molar-refractivity contribution in [2.24, 2.45) is 4.99 Å². The first-order valence-corrected chi connectivity index (χ1v) is 19.8. The Morgan fingerprint density at radius 3 is 2.00 bits per heavy atom. The predicted molar refractivity (Wildman–Crippen MR) is 233 cm³/mol. The minimum Gasteiger partial charge on any atom is -0.494 e. The first-order chi connectivity index (χ1) is 27.2. The highest BCUT2D eigenvalue weighted by Gasteiger charge is 2.22. The van der Waals surface area contributed by atoms with Gasteiger partial charge in [0.25, 0.3) is 0 Å². The number of aliphatic imine (C=N–C) groups is 1. The van der Waals surface area contributed by atoms with Crippen molar-refractivity contribution in [3.63, 3.8) is 0 Å². The van der Waals surface area contributed by atoms with Gasteiger partial charge in [-0.05, 0) is 111 Å². The number of nitrogens with two attached hydrogens (primary N) is 2. The number of aromatic nitrogens is 2. The Labute approximate surface area is 330 Å². The number of rotatable bonds is 15. The van der Waals surface area contributed by atoms with E-state index in [1.807, 2.05) is 68.4 Å². The van der Waals surface area contributed by atoms with E-state index in [1.54, 1.807) is 0 Å². The van der Waals surface area contributed by atoms with Gasteiger partial charge >= 0.3 is 0 Å². The van der Waals surface area contributed by atoms with Crippen LogP contribution in [-0.2, 0) is 4.74 Å². The second-order valence-corrected chi connectivity index (χ2v) is 14.8. The topological polar surface area (TPSA) is 112 Å². The Balaban J connectivity index is 0.863. The minimum atomic E-state index is 0.682. The van der Waals surface area contributed by atoms with E-state index in [4.69, 9.17) is 30.9 Å². The number of ether oxygens (including phenoxy) is 2. The van der Waals surface area contributed by atoms with Crippen LogP contribution in [0, 0.1) is 20.8 Å². The molecule has 0 aliphatic heterocycles. The summed E-state index contributed by atoms with van der Waals surface area (Å²) in [5.74, 6) is 1.85. The Hall–Kier alpha value is -6.15. The first-order valence-electron chi connectivity index (χ1n) is 19.8. The molecule has 0 bridgehead atoms. The fourth-order valence-electron chi connectivity index (χ4n) is 7.17. The molecule has 7 rings (SSSR count). The Bertz CT molecular complexity index is 2440. The number of aryl methyl sites for hydroxylation is 3. The van der Waals surface area contributed by atoms with Crippen LogP contribution >= 0.6 is 0 Å². The molecule has 0 amide bonds. The number of para-hydroxylation sites is 2. The van der Waals surface area contributed by atoms with Crippen LogP contribution in [0.4, 0.5) is 28.4 Å². The highest BCUT2D eigenvalue weighted by atomic mass is 16.5. The van der Waals surface area contributed by atoms with Crippen LogP contribution in [0.5, 0.6) is 5.75 Å². The summed E-state index contributed by atoms with van der Waals surface area (Å²) in [5, 5.41) is 3.48. The van der Waals surface area contributed by atoms with Gasteiger partial charge in [0.1, 0.15) is 22.5 Å². The number of benzene rings is 5. The summed E-state index contributed by atoms with van der Waals surface area (Å²) in [7, 11) is 0. The molecule has 0 saturated heterocycles. The molecule has 0 saturated carbocycles. The number of fused-ring (bicyclic) bond motifs is 2. The Morgan fingerprint density at radius 2 is 1.29 bits per heavy atom. The summed E-state index contributed by atoms with van der Waals surface area (Å²) in [6, 6.07) is 32.8. The smallest absolute Gasteiger partial charge is 0.241 e. The molecule has 0 fully saturated rings. The molecular formula is C48H53N6O2+. The molecule has 8 nitrogen and oxygen atoms in total. The average Bonchev–Trinajstić information content (AvgIpc) is 3.19. The van der Waals surface area contributed by atoms with E-state index in [2.05, 4.69) is 78.3 Å². The Kier molecular flexibility index (Phi) is 11.9. The lowest BCUT2D eigenvalue weighted by molar-refractivity contribution is -0.538. The van der Waals surface area contributed by atoms with E-state index in [9.17, 15) is 0 Å². The van der Waals surface area contributed by atoms with Crippen LogP contribution in [0.25, 0.3) is 27.8 Å². The van der Waals surface area contributed by atoms with Gasteiger partial charge < -0.3 is 26.3 Å². The standard InChI is InChI=1S/C48H52N6O2/c1-32-26-41(42(29-39(32)49)51-36-17-11-9-12-18-36)52-37-21-22-47(34(3)25-37)55-23-15-7-5-6-8-16-24-56-48-31-46-44(28-35(48)4)53-43-27-33(2)40(50)30-45(43)54(46)38-19-13-10-14-20-38/h9-14,17-20,22,25-31,50-51H,5-8,15-16,21,23-24,49H2,1-4H3/p+1. The highest BCUT2D eigenvalue weighted by molar-refractivity contribution is 6.01. The second kappa shape index (κ2) is 17.5. The third-order valence-corrected chi connectivity index (χ3v) is 10.4. The fourth-order valence-corrected chi connectivity index (χ4v) is 7.17. The maximum Gasteiger partial charge on any atom is 0.241 e. The van der Waals surface area contributed by atoms with Crippen molar-refractivity contribution in [3.8, 4) is 11.4 Å². The van der Waals surface area contributed by atoms with E-state index in [0.29, 0.717) is 6.61 Å². The number of nitrogens with one attached hydrogen (secondary N) is 1. The molecule has 56 heavy (non-hydrogen) atoms. The minimum absolute atomic E-state index is 0.682. The number of unbranched alkanes of at least 4 members (excludes halogenated alkanes) is 5. The molecule has 1 aromatic heterocycles. The molecule has 0 spiro atoms. The molecule has 5 N–H and O–H groups in total. The van der Waals surface area contributed by atoms with Gasteiger partial charge in [-0.1, -0.05) is 62.1 Å². The van der Waals surface area contributed by atoms with E-state index < -0.39 is 0 Å². The summed E-state index contributed by atoms with van der Waals surface area (Å²) >= 11 is 0. The lowest BCUT2D eigenvalue weighted by Gasteiger charge is -2.17. The van der Waals surface area contributed by atoms with Crippen LogP contribution in [0.15, 0.2) is 126 Å². The lowest BCUT2D eigenvalue weighted by atomic mass is 10.0. The molecule has 0 atom stereocenters. The predicted octanol–water partition coefficient (Wildman–Crippen LogP) is 11.2. The van der Waals surface area contributed by atoms with Gasteiger partial charge in [0.05, 0.1) is 30.7 Å². The molecular weight excluding hydrogens is 693 g/mol. The average molecular weight is 746 g/mol. The van der Waals surface area contributed by atoms with Crippen LogP contribution in [0.2, 0.25) is 0 Å². The Morgan fingerprint density at radius 1 is 0.679 bits per heavy atom. The van der Waals surface area contributed by atoms with Crippen LogP contribution in [0.1, 0.15) is 68.6 Å². The largest absolute Gasteiger partial charge is 0.494 e. The zero-order chi connectivity index (χ0) is 39.0. The second-order valence-electron chi connectivity index (χ2n) is 14.8. The normalized spacial score (nSPS) is 13.5. The maximum absolute atomic E-state index is 6.38. The van der Waals surface area contributed by atoms with Crippen LogP contribution < -0.4 is 26.1 Å². The molecule has 6 aromatic rings. The van der Waals surface area contributed by atoms with Gasteiger partial charge in [0.2, 0.25) is 16.7 Å². The van der Waals surface area contributed by atoms with E-state index in [1.165, 1.54) is 12.8 Å². The van der Waals surface area contributed by atoms with Crippen molar-refractivity contribution in [3.05, 3.63) is 137 Å². The number of anilines is 4. The van der Waals surface area contributed by atoms with Crippen molar-refractivity contribution < 1.29 is 14.0 Å². The van der Waals surface area contributed by atoms with Crippen molar-refractivity contribution in [1.82, 2.24) is 4.98 Å². The molecule has 5 aromatic carbocycles. The lowest BCUT2D eigenvalue weighted by Crippen LogP contribution is -2.33. The van der Waals surface area contributed by atoms with E-state index in [-0.39, 0.29) is 0 Å². The molecule has 286 valence electrons. The van der Waals surface area contributed by atoms with Gasteiger partial charge in [-0.3, -0.25) is 4.99 Å². The molecule has 0 radical (unpaired) electrons. The molecule has 1 aliphatic carbocycles. The van der Waals surface area contributed by atoms with E-state index in [0.717, 1.165) is 134 Å². The van der Waals surface area contributed by atoms with Crippen molar-refractivity contribution in [2.75, 3.05) is 30.0 Å². The third kappa shape index (κ3) is 9.03. The monoisotopic (exact) mass is 745 g/mol. The van der Waals surface area contributed by atoms with E-state index >= 15 is 0 Å². The van der Waals surface area contributed by atoms with Gasteiger partial charge in [-0.25, -0.2) is 4.98 Å². The highest BCUT2D eigenvalue weighted by Crippen LogP contribution is 2.34. The SMILES string of the molecule is CC1=CC(=Nc2cc(C)c(N)cc2Nc2ccccc2)CC=C1OCCCCCCCCOc1cc2c(cc1C)nc1cc(C)c(N)cc1[n+]2-c1ccccc1. The van der Waals surface area contributed by atoms with Crippen molar-refractivity contribution in [1.29, 1.82) is 0 Å². The first kappa shape index (κ1) is 38.1. The van der Waals surface area contributed by atoms with Gasteiger partial charge in [0, 0.05) is 47.4 Å². The summed E-state index contributed by atoms with van der Waals surface area (Å²) < 4.78 is 14.8. The van der Waals surface area contributed by atoms with Gasteiger partial charge in [-0.2, -0.15) is 0 Å². The number of nitrogens with zero attached hydrogens (tertiary/aromatic N) is 3. The van der Waals surface area contributed by atoms with Crippen LogP contribution in [0.3, 0.4) is 0 Å². The summed E-state index contributed by atoms with van der Waals surface area (Å²) in [4.78, 5) is 10.0. The van der Waals surface area contributed by atoms with Crippen LogP contribution in [-0.4, -0.2) is 23.9 Å². The van der Waals surface area contributed by atoms with Crippen molar-refractivity contribution in [2.45, 2.75) is 72.6 Å². The summed E-state index contributed by atoms with van der Waals surface area (Å²) in [6.07, 6.45) is 11.7. The third-order valence-electron chi connectivity index (χ3n) is 10.4. The molecule has 0 unspecified atom stereocenters. The number of nitrogen functional groups attached to an aromatic ring is 2. The fraction of sp³-hybridized carbons (Fsp3) is 0.271. The number of hydrogen-bond acceptors (Lipinski definition) is 7. The van der Waals surface area contributed by atoms with Gasteiger partial charge in [0.15, 0.2) is 0 Å². The van der Waals surface area contributed by atoms with Crippen molar-refractivity contribution >= 4 is 56.2 Å². The number of hydrogen-bond donors (Lipinski definition) is 3.